The van der Waals surface area contributed by atoms with Crippen molar-refractivity contribution < 1.29 is 14.4 Å². The van der Waals surface area contributed by atoms with E-state index in [2.05, 4.69) is 16.0 Å². The number of rotatable bonds is 4. The molecule has 1 atom stereocenters. The molecule has 2 aliphatic heterocycles. The standard InChI is InChI=1S/C23H24N4O3/c1-16-9-11-17(12-10-16)24-22(30)26-23(20(15-28)27-13-5-2-6-14-27)18-7-3-4-8-19(18)25-21(23)29/h3-4,7-12H,2,5-6,13-14H2,1H3,(H,25,29)(H2,24,26,30). The molecule has 0 spiro atoms. The van der Waals surface area contributed by atoms with E-state index < -0.39 is 17.5 Å². The van der Waals surface area contributed by atoms with Crippen molar-refractivity contribution in [3.05, 3.63) is 65.4 Å². The lowest BCUT2D eigenvalue weighted by Crippen LogP contribution is -2.57. The minimum absolute atomic E-state index is 0.142. The fourth-order valence-corrected chi connectivity index (χ4v) is 4.14. The van der Waals surface area contributed by atoms with Gasteiger partial charge in [0.1, 0.15) is 11.6 Å². The topological polar surface area (TPSA) is 90.5 Å². The summed E-state index contributed by atoms with van der Waals surface area (Å²) >= 11 is 0. The quantitative estimate of drug-likeness (QED) is 0.683. The molecule has 4 rings (SSSR count). The summed E-state index contributed by atoms with van der Waals surface area (Å²) in [6.45, 7) is 3.24. The lowest BCUT2D eigenvalue weighted by atomic mass is 9.86. The summed E-state index contributed by atoms with van der Waals surface area (Å²) < 4.78 is 0. The van der Waals surface area contributed by atoms with Gasteiger partial charge < -0.3 is 20.9 Å². The summed E-state index contributed by atoms with van der Waals surface area (Å²) in [6, 6.07) is 13.8. The smallest absolute Gasteiger partial charge is 0.320 e. The molecule has 30 heavy (non-hydrogen) atoms. The maximum Gasteiger partial charge on any atom is 0.320 e. The number of carbonyl (C=O) groups is 2. The van der Waals surface area contributed by atoms with Gasteiger partial charge in [-0.2, -0.15) is 0 Å². The van der Waals surface area contributed by atoms with Crippen molar-refractivity contribution in [1.29, 1.82) is 0 Å². The summed E-state index contributed by atoms with van der Waals surface area (Å²) in [5.41, 5.74) is 1.28. The van der Waals surface area contributed by atoms with E-state index in [1.54, 1.807) is 36.4 Å². The predicted octanol–water partition coefficient (Wildman–Crippen LogP) is 3.17. The molecule has 2 aliphatic rings. The number of nitrogens with zero attached hydrogens (tertiary/aromatic N) is 1. The van der Waals surface area contributed by atoms with Crippen molar-refractivity contribution in [2.24, 2.45) is 0 Å². The van der Waals surface area contributed by atoms with E-state index in [-0.39, 0.29) is 5.70 Å². The molecule has 1 unspecified atom stereocenters. The summed E-state index contributed by atoms with van der Waals surface area (Å²) in [5, 5.41) is 8.38. The van der Waals surface area contributed by atoms with Crippen molar-refractivity contribution in [3.8, 4) is 0 Å². The number of aryl methyl sites for hydroxylation is 1. The Balaban J connectivity index is 1.73. The number of anilines is 2. The molecule has 154 valence electrons. The maximum atomic E-state index is 13.2. The Kier molecular flexibility index (Phi) is 5.29. The summed E-state index contributed by atoms with van der Waals surface area (Å²) in [6.07, 6.45) is 2.90. The Morgan fingerprint density at radius 1 is 1.07 bits per heavy atom. The zero-order chi connectivity index (χ0) is 21.1. The van der Waals surface area contributed by atoms with Crippen LogP contribution in [-0.4, -0.2) is 35.9 Å². The fourth-order valence-electron chi connectivity index (χ4n) is 4.14. The summed E-state index contributed by atoms with van der Waals surface area (Å²) in [7, 11) is 0. The van der Waals surface area contributed by atoms with Crippen LogP contribution in [0.15, 0.2) is 54.2 Å². The van der Waals surface area contributed by atoms with Gasteiger partial charge in [0.15, 0.2) is 5.54 Å². The van der Waals surface area contributed by atoms with E-state index in [1.807, 2.05) is 29.9 Å². The highest BCUT2D eigenvalue weighted by Gasteiger charge is 2.54. The highest BCUT2D eigenvalue weighted by molar-refractivity contribution is 6.11. The van der Waals surface area contributed by atoms with Crippen LogP contribution < -0.4 is 16.0 Å². The lowest BCUT2D eigenvalue weighted by molar-refractivity contribution is -0.120. The molecule has 1 fully saturated rings. The van der Waals surface area contributed by atoms with E-state index in [0.717, 1.165) is 24.8 Å². The minimum atomic E-state index is -1.63. The SMILES string of the molecule is Cc1ccc(NC(=O)NC2(C(=C=O)N3CCCCC3)C(=O)Nc3ccccc32)cc1. The van der Waals surface area contributed by atoms with E-state index in [4.69, 9.17) is 0 Å². The van der Waals surface area contributed by atoms with Gasteiger partial charge in [-0.3, -0.25) is 4.79 Å². The van der Waals surface area contributed by atoms with Gasteiger partial charge in [-0.1, -0.05) is 35.9 Å². The highest BCUT2D eigenvalue weighted by Crippen LogP contribution is 2.42. The van der Waals surface area contributed by atoms with Crippen LogP contribution in [0.3, 0.4) is 0 Å². The van der Waals surface area contributed by atoms with Crippen LogP contribution in [0.1, 0.15) is 30.4 Å². The van der Waals surface area contributed by atoms with Gasteiger partial charge in [0, 0.05) is 30.0 Å². The van der Waals surface area contributed by atoms with Crippen molar-refractivity contribution in [3.63, 3.8) is 0 Å². The van der Waals surface area contributed by atoms with Gasteiger partial charge >= 0.3 is 6.03 Å². The number of carbonyl (C=O) groups excluding carboxylic acids is 3. The van der Waals surface area contributed by atoms with Gasteiger partial charge in [0.05, 0.1) is 0 Å². The van der Waals surface area contributed by atoms with E-state index >= 15 is 0 Å². The number of nitrogens with one attached hydrogen (secondary N) is 3. The second-order valence-electron chi connectivity index (χ2n) is 7.69. The average Bonchev–Trinajstić information content (AvgIpc) is 3.03. The van der Waals surface area contributed by atoms with Crippen LogP contribution in [0, 0.1) is 6.92 Å². The van der Waals surface area contributed by atoms with Crippen LogP contribution in [0.4, 0.5) is 16.2 Å². The lowest BCUT2D eigenvalue weighted by Gasteiger charge is -2.38. The van der Waals surface area contributed by atoms with Gasteiger partial charge in [-0.15, -0.1) is 0 Å². The Morgan fingerprint density at radius 2 is 1.77 bits per heavy atom. The Labute approximate surface area is 175 Å². The number of amides is 3. The molecule has 3 N–H and O–H groups in total. The number of piperidine rings is 1. The number of hydrogen-bond donors (Lipinski definition) is 3. The van der Waals surface area contributed by atoms with E-state index in [9.17, 15) is 14.4 Å². The Hall–Kier alpha value is -3.57. The molecule has 2 aromatic carbocycles. The third-order valence-corrected chi connectivity index (χ3v) is 5.65. The molecule has 2 heterocycles. The Bertz CT molecular complexity index is 1020. The second-order valence-corrected chi connectivity index (χ2v) is 7.69. The first-order valence-corrected chi connectivity index (χ1v) is 10.1. The first-order chi connectivity index (χ1) is 14.5. The van der Waals surface area contributed by atoms with Crippen LogP contribution in [0.2, 0.25) is 0 Å². The van der Waals surface area contributed by atoms with Crippen LogP contribution in [-0.2, 0) is 15.1 Å². The maximum absolute atomic E-state index is 13.2. The molecule has 7 nitrogen and oxygen atoms in total. The minimum Gasteiger partial charge on any atom is -0.363 e. The molecule has 0 aliphatic carbocycles. The normalized spacial score (nSPS) is 20.0. The molecule has 0 radical (unpaired) electrons. The number of likely N-dealkylation sites (tertiary alicyclic amines) is 1. The molecular weight excluding hydrogens is 380 g/mol. The van der Waals surface area contributed by atoms with Gasteiger partial charge in [-0.25, -0.2) is 9.59 Å². The van der Waals surface area contributed by atoms with Crippen molar-refractivity contribution in [2.45, 2.75) is 31.7 Å². The highest BCUT2D eigenvalue weighted by atomic mass is 16.2. The number of benzene rings is 2. The number of fused-ring (bicyclic) bond motifs is 1. The third kappa shape index (κ3) is 3.44. The number of para-hydroxylation sites is 1. The zero-order valence-corrected chi connectivity index (χ0v) is 16.8. The molecule has 0 aromatic heterocycles. The number of urea groups is 1. The van der Waals surface area contributed by atoms with Crippen LogP contribution >= 0.6 is 0 Å². The largest absolute Gasteiger partial charge is 0.363 e. The van der Waals surface area contributed by atoms with Crippen molar-refractivity contribution in [2.75, 3.05) is 23.7 Å². The first-order valence-electron chi connectivity index (χ1n) is 10.1. The molecule has 7 heteroatoms. The summed E-state index contributed by atoms with van der Waals surface area (Å²) in [4.78, 5) is 40.2. The summed E-state index contributed by atoms with van der Waals surface area (Å²) in [5.74, 6) is 1.53. The monoisotopic (exact) mass is 404 g/mol. The Morgan fingerprint density at radius 3 is 2.47 bits per heavy atom. The van der Waals surface area contributed by atoms with Crippen LogP contribution in [0.25, 0.3) is 0 Å². The third-order valence-electron chi connectivity index (χ3n) is 5.65. The second kappa shape index (κ2) is 8.05. The van der Waals surface area contributed by atoms with Gasteiger partial charge in [0.25, 0.3) is 5.91 Å². The van der Waals surface area contributed by atoms with Gasteiger partial charge in [-0.05, 0) is 44.4 Å². The molecule has 3 amide bonds. The molecule has 2 aromatic rings. The molecule has 0 saturated carbocycles. The number of hydrogen-bond acceptors (Lipinski definition) is 4. The molecule has 0 bridgehead atoms. The average molecular weight is 404 g/mol. The molecule has 1 saturated heterocycles. The molecular formula is C23H24N4O3. The van der Waals surface area contributed by atoms with E-state index in [0.29, 0.717) is 30.0 Å². The predicted molar refractivity (Wildman–Crippen MR) is 115 cm³/mol. The zero-order valence-electron chi connectivity index (χ0n) is 16.8. The van der Waals surface area contributed by atoms with Crippen molar-refractivity contribution >= 4 is 29.3 Å². The van der Waals surface area contributed by atoms with Gasteiger partial charge in [0.2, 0.25) is 0 Å². The van der Waals surface area contributed by atoms with E-state index in [1.165, 1.54) is 0 Å². The van der Waals surface area contributed by atoms with Crippen molar-refractivity contribution in [1.82, 2.24) is 10.2 Å². The van der Waals surface area contributed by atoms with Crippen LogP contribution in [0.5, 0.6) is 0 Å². The first kappa shape index (κ1) is 19.7. The fraction of sp³-hybridized carbons (Fsp3) is 0.304.